The molecular formula is C17H24N2OS. The molecule has 0 amide bonds. The lowest BCUT2D eigenvalue weighted by atomic mass is 9.81. The van der Waals surface area contributed by atoms with E-state index in [4.69, 9.17) is 0 Å². The Balaban J connectivity index is 2.46. The molecule has 0 atom stereocenters. The molecule has 0 N–H and O–H groups in total. The van der Waals surface area contributed by atoms with Crippen molar-refractivity contribution in [1.29, 1.82) is 0 Å². The van der Waals surface area contributed by atoms with Gasteiger partial charge in [-0.2, -0.15) is 17.7 Å². The van der Waals surface area contributed by atoms with E-state index in [0.717, 1.165) is 48.9 Å². The first-order valence-corrected chi connectivity index (χ1v) is 8.35. The fourth-order valence-electron chi connectivity index (χ4n) is 3.16. The average Bonchev–Trinajstić information content (AvgIpc) is 2.51. The molecule has 0 bridgehead atoms. The lowest BCUT2D eigenvalue weighted by molar-refractivity contribution is 0.224. The van der Waals surface area contributed by atoms with E-state index < -0.39 is 0 Å². The van der Waals surface area contributed by atoms with E-state index >= 15 is 0 Å². The van der Waals surface area contributed by atoms with Crippen LogP contribution in [0.2, 0.25) is 0 Å². The smallest absolute Gasteiger partial charge is 0.207 e. The van der Waals surface area contributed by atoms with Crippen LogP contribution in [0.1, 0.15) is 39.5 Å². The molecule has 2 rings (SSSR count). The first-order chi connectivity index (χ1) is 10.2. The maximum Gasteiger partial charge on any atom is 0.207 e. The summed E-state index contributed by atoms with van der Waals surface area (Å²) in [6.45, 7) is 5.24. The molecule has 114 valence electrons. The molecule has 2 aromatic rings. The van der Waals surface area contributed by atoms with Crippen LogP contribution >= 0.6 is 12.6 Å². The summed E-state index contributed by atoms with van der Waals surface area (Å²) in [5.74, 6) is 0.844. The third-order valence-electron chi connectivity index (χ3n) is 4.14. The molecule has 1 aromatic carbocycles. The highest BCUT2D eigenvalue weighted by molar-refractivity contribution is 7.80. The lowest BCUT2D eigenvalue weighted by Gasteiger charge is -2.32. The van der Waals surface area contributed by atoms with Crippen LogP contribution in [-0.4, -0.2) is 15.5 Å². The Hall–Kier alpha value is -1.29. The van der Waals surface area contributed by atoms with Crippen molar-refractivity contribution in [1.82, 2.24) is 9.78 Å². The second-order valence-electron chi connectivity index (χ2n) is 5.84. The van der Waals surface area contributed by atoms with Crippen molar-refractivity contribution in [3.63, 3.8) is 0 Å². The normalized spacial score (nSPS) is 12.0. The second kappa shape index (κ2) is 7.12. The van der Waals surface area contributed by atoms with Gasteiger partial charge in [-0.3, -0.25) is 9.48 Å². The van der Waals surface area contributed by atoms with Crippen LogP contribution in [0.5, 0.6) is 0 Å². The van der Waals surface area contributed by atoms with Gasteiger partial charge in [0.25, 0.3) is 0 Å². The highest BCUT2D eigenvalue weighted by atomic mass is 32.1. The molecule has 0 spiro atoms. The summed E-state index contributed by atoms with van der Waals surface area (Å²) in [6, 6.07) is 7.71. The van der Waals surface area contributed by atoms with Crippen LogP contribution in [0, 0.1) is 5.41 Å². The topological polar surface area (TPSA) is 34.9 Å². The van der Waals surface area contributed by atoms with Gasteiger partial charge in [-0.05, 0) is 36.1 Å². The number of aromatic nitrogens is 2. The average molecular weight is 304 g/mol. The zero-order valence-electron chi connectivity index (χ0n) is 12.9. The van der Waals surface area contributed by atoms with E-state index in [-0.39, 0.29) is 10.8 Å². The van der Waals surface area contributed by atoms with Gasteiger partial charge in [0.05, 0.1) is 11.7 Å². The highest BCUT2D eigenvalue weighted by Gasteiger charge is 2.28. The molecule has 0 saturated heterocycles. The van der Waals surface area contributed by atoms with E-state index in [0.29, 0.717) is 0 Å². The minimum absolute atomic E-state index is 0.00990. The summed E-state index contributed by atoms with van der Waals surface area (Å²) in [7, 11) is 0. The Morgan fingerprint density at radius 2 is 1.86 bits per heavy atom. The monoisotopic (exact) mass is 304 g/mol. The number of hydrogen-bond donors (Lipinski definition) is 1. The molecule has 0 aliphatic heterocycles. The largest absolute Gasteiger partial charge is 0.287 e. The third-order valence-corrected chi connectivity index (χ3v) is 4.81. The van der Waals surface area contributed by atoms with Crippen LogP contribution in [0.4, 0.5) is 0 Å². The van der Waals surface area contributed by atoms with Gasteiger partial charge in [-0.25, -0.2) is 0 Å². The molecule has 1 heterocycles. The van der Waals surface area contributed by atoms with Crippen LogP contribution in [0.15, 0.2) is 35.3 Å². The maximum absolute atomic E-state index is 11.9. The number of rotatable bonds is 7. The standard InChI is InChI=1S/C17H24N2OS/c1-3-9-17(13-21,10-4-2)12-19-15-8-6-5-7-14(15)16(20)11-18-19/h5-8,11,21H,3-4,9-10,12-13H2,1-2H3. The summed E-state index contributed by atoms with van der Waals surface area (Å²) >= 11 is 4.61. The minimum atomic E-state index is -0.00990. The van der Waals surface area contributed by atoms with Crippen molar-refractivity contribution >= 4 is 23.5 Å². The van der Waals surface area contributed by atoms with Gasteiger partial charge >= 0.3 is 0 Å². The zero-order chi connectivity index (χ0) is 15.3. The quantitative estimate of drug-likeness (QED) is 0.787. The number of hydrogen-bond acceptors (Lipinski definition) is 3. The predicted octanol–water partition coefficient (Wildman–Crippen LogP) is 3.91. The first-order valence-electron chi connectivity index (χ1n) is 7.71. The van der Waals surface area contributed by atoms with Crippen molar-refractivity contribution < 1.29 is 0 Å². The van der Waals surface area contributed by atoms with Gasteiger partial charge in [-0.15, -0.1) is 0 Å². The van der Waals surface area contributed by atoms with Crippen LogP contribution in [0.25, 0.3) is 10.9 Å². The SMILES string of the molecule is CCCC(CS)(CCC)Cn1ncc(=O)c2ccccc21. The van der Waals surface area contributed by atoms with Crippen molar-refractivity contribution in [2.45, 2.75) is 46.1 Å². The van der Waals surface area contributed by atoms with E-state index in [1.54, 1.807) is 0 Å². The Labute approximate surface area is 131 Å². The van der Waals surface area contributed by atoms with Crippen molar-refractivity contribution in [3.8, 4) is 0 Å². The minimum Gasteiger partial charge on any atom is -0.287 e. The molecule has 1 aromatic heterocycles. The first kappa shape index (κ1) is 16.1. The summed E-state index contributed by atoms with van der Waals surface area (Å²) in [5.41, 5.74) is 1.06. The summed E-state index contributed by atoms with van der Waals surface area (Å²) in [5, 5.41) is 5.12. The molecule has 0 aliphatic carbocycles. The predicted molar refractivity (Wildman–Crippen MR) is 92.1 cm³/mol. The lowest BCUT2D eigenvalue weighted by Crippen LogP contribution is -2.30. The number of nitrogens with zero attached hydrogens (tertiary/aromatic N) is 2. The zero-order valence-corrected chi connectivity index (χ0v) is 13.8. The van der Waals surface area contributed by atoms with Gasteiger partial charge in [0.15, 0.2) is 0 Å². The van der Waals surface area contributed by atoms with Gasteiger partial charge < -0.3 is 0 Å². The Bertz CT molecular complexity index is 645. The molecular weight excluding hydrogens is 280 g/mol. The molecule has 4 heteroatoms. The Kier molecular flexibility index (Phi) is 5.45. The number of para-hydroxylation sites is 1. The van der Waals surface area contributed by atoms with Gasteiger partial charge in [-0.1, -0.05) is 38.8 Å². The van der Waals surface area contributed by atoms with Crippen LogP contribution < -0.4 is 5.43 Å². The fourth-order valence-corrected chi connectivity index (χ4v) is 3.57. The molecule has 0 aliphatic rings. The van der Waals surface area contributed by atoms with Gasteiger partial charge in [0.1, 0.15) is 0 Å². The number of thiol groups is 1. The van der Waals surface area contributed by atoms with Gasteiger partial charge in [0.2, 0.25) is 5.43 Å². The molecule has 0 radical (unpaired) electrons. The van der Waals surface area contributed by atoms with E-state index in [1.807, 2.05) is 28.9 Å². The van der Waals surface area contributed by atoms with E-state index in [9.17, 15) is 4.79 Å². The maximum atomic E-state index is 11.9. The third kappa shape index (κ3) is 3.49. The van der Waals surface area contributed by atoms with E-state index in [2.05, 4.69) is 31.6 Å². The highest BCUT2D eigenvalue weighted by Crippen LogP contribution is 2.33. The second-order valence-corrected chi connectivity index (χ2v) is 6.16. The summed E-state index contributed by atoms with van der Waals surface area (Å²) < 4.78 is 1.98. The van der Waals surface area contributed by atoms with Crippen LogP contribution in [0.3, 0.4) is 0 Å². The molecule has 0 fully saturated rings. The van der Waals surface area contributed by atoms with Crippen LogP contribution in [-0.2, 0) is 6.54 Å². The molecule has 0 saturated carbocycles. The summed E-state index contributed by atoms with van der Waals surface area (Å²) in [4.78, 5) is 11.9. The molecule has 0 unspecified atom stereocenters. The Morgan fingerprint density at radius 3 is 2.48 bits per heavy atom. The van der Waals surface area contributed by atoms with E-state index in [1.165, 1.54) is 6.20 Å². The van der Waals surface area contributed by atoms with Crippen molar-refractivity contribution in [3.05, 3.63) is 40.7 Å². The number of fused-ring (bicyclic) bond motifs is 1. The molecule has 21 heavy (non-hydrogen) atoms. The van der Waals surface area contributed by atoms with Gasteiger partial charge in [0, 0.05) is 11.9 Å². The Morgan fingerprint density at radius 1 is 1.19 bits per heavy atom. The summed E-state index contributed by atoms with van der Waals surface area (Å²) in [6.07, 6.45) is 5.97. The number of benzene rings is 1. The van der Waals surface area contributed by atoms with Crippen molar-refractivity contribution in [2.24, 2.45) is 5.41 Å². The molecule has 3 nitrogen and oxygen atoms in total. The fraction of sp³-hybridized carbons (Fsp3) is 0.529. The van der Waals surface area contributed by atoms with Crippen molar-refractivity contribution in [2.75, 3.05) is 5.75 Å².